The molecule has 0 aliphatic heterocycles. The summed E-state index contributed by atoms with van der Waals surface area (Å²) in [6, 6.07) is 7.35. The minimum atomic E-state index is -0.571. The van der Waals surface area contributed by atoms with Gasteiger partial charge in [0, 0.05) is 38.7 Å². The highest BCUT2D eigenvalue weighted by atomic mass is 19.1. The SMILES string of the molecule is CN=C(NCCCOCc1ccco1)NCC(C)c1ccc(F)cc1F. The lowest BCUT2D eigenvalue weighted by Gasteiger charge is -2.17. The Kier molecular flexibility index (Phi) is 8.08. The molecule has 26 heavy (non-hydrogen) atoms. The van der Waals surface area contributed by atoms with Crippen LogP contribution in [0.15, 0.2) is 46.0 Å². The summed E-state index contributed by atoms with van der Waals surface area (Å²) in [5.41, 5.74) is 0.473. The van der Waals surface area contributed by atoms with E-state index in [9.17, 15) is 8.78 Å². The number of nitrogens with zero attached hydrogens (tertiary/aromatic N) is 1. The summed E-state index contributed by atoms with van der Waals surface area (Å²) in [5, 5.41) is 6.32. The second-order valence-corrected chi connectivity index (χ2v) is 5.93. The van der Waals surface area contributed by atoms with Crippen LogP contribution in [-0.2, 0) is 11.3 Å². The normalized spacial score (nSPS) is 12.8. The van der Waals surface area contributed by atoms with Crippen molar-refractivity contribution in [3.05, 3.63) is 59.6 Å². The van der Waals surface area contributed by atoms with Gasteiger partial charge in [0.15, 0.2) is 5.96 Å². The third-order valence-corrected chi connectivity index (χ3v) is 3.88. The highest BCUT2D eigenvalue weighted by molar-refractivity contribution is 5.79. The Labute approximate surface area is 152 Å². The summed E-state index contributed by atoms with van der Waals surface area (Å²) in [6.45, 7) is 4.11. The second-order valence-electron chi connectivity index (χ2n) is 5.93. The fourth-order valence-electron chi connectivity index (χ4n) is 2.43. The van der Waals surface area contributed by atoms with Gasteiger partial charge < -0.3 is 19.8 Å². The first-order valence-electron chi connectivity index (χ1n) is 8.59. The average molecular weight is 365 g/mol. The maximum atomic E-state index is 13.8. The van der Waals surface area contributed by atoms with Crippen LogP contribution in [0.25, 0.3) is 0 Å². The van der Waals surface area contributed by atoms with E-state index in [-0.39, 0.29) is 5.92 Å². The van der Waals surface area contributed by atoms with Gasteiger partial charge in [0.1, 0.15) is 24.0 Å². The van der Waals surface area contributed by atoms with Gasteiger partial charge >= 0.3 is 0 Å². The molecule has 0 radical (unpaired) electrons. The van der Waals surface area contributed by atoms with Crippen molar-refractivity contribution >= 4 is 5.96 Å². The molecule has 1 aromatic carbocycles. The molecule has 0 fully saturated rings. The zero-order chi connectivity index (χ0) is 18.8. The maximum absolute atomic E-state index is 13.8. The number of nitrogens with one attached hydrogen (secondary N) is 2. The summed E-state index contributed by atoms with van der Waals surface area (Å²) in [4.78, 5) is 4.13. The number of furan rings is 1. The van der Waals surface area contributed by atoms with Crippen molar-refractivity contribution in [2.75, 3.05) is 26.7 Å². The molecule has 1 unspecified atom stereocenters. The molecule has 142 valence electrons. The summed E-state index contributed by atoms with van der Waals surface area (Å²) in [7, 11) is 1.67. The maximum Gasteiger partial charge on any atom is 0.190 e. The van der Waals surface area contributed by atoms with Gasteiger partial charge in [-0.2, -0.15) is 0 Å². The Morgan fingerprint density at radius 3 is 2.81 bits per heavy atom. The predicted molar refractivity (Wildman–Crippen MR) is 97.1 cm³/mol. The number of ether oxygens (including phenoxy) is 1. The van der Waals surface area contributed by atoms with Crippen molar-refractivity contribution < 1.29 is 17.9 Å². The number of guanidine groups is 1. The third-order valence-electron chi connectivity index (χ3n) is 3.88. The molecule has 5 nitrogen and oxygen atoms in total. The standard InChI is InChI=1S/C19H25F2N3O2/c1-14(17-7-6-15(20)11-18(17)21)12-24-19(22-2)23-8-4-9-25-13-16-5-3-10-26-16/h3,5-7,10-11,14H,4,8-9,12-13H2,1-2H3,(H2,22,23,24). The Hall–Kier alpha value is -2.41. The molecule has 7 heteroatoms. The van der Waals surface area contributed by atoms with Crippen LogP contribution in [-0.4, -0.2) is 32.7 Å². The van der Waals surface area contributed by atoms with Crippen LogP contribution < -0.4 is 10.6 Å². The molecule has 2 N–H and O–H groups in total. The fourth-order valence-corrected chi connectivity index (χ4v) is 2.43. The highest BCUT2D eigenvalue weighted by Crippen LogP contribution is 2.19. The van der Waals surface area contributed by atoms with E-state index in [1.54, 1.807) is 13.3 Å². The molecular formula is C19H25F2N3O2. The summed E-state index contributed by atoms with van der Waals surface area (Å²) in [5.74, 6) is 0.211. The van der Waals surface area contributed by atoms with Crippen molar-refractivity contribution in [2.45, 2.75) is 25.9 Å². The molecule has 1 heterocycles. The molecule has 0 spiro atoms. The smallest absolute Gasteiger partial charge is 0.190 e. The summed E-state index contributed by atoms with van der Waals surface area (Å²) in [6.07, 6.45) is 2.43. The molecule has 1 atom stereocenters. The quantitative estimate of drug-likeness (QED) is 0.406. The topological polar surface area (TPSA) is 58.8 Å². The van der Waals surface area contributed by atoms with Crippen LogP contribution in [0.1, 0.15) is 30.6 Å². The monoisotopic (exact) mass is 365 g/mol. The number of aliphatic imine (C=N–C) groups is 1. The molecule has 0 bridgehead atoms. The second kappa shape index (κ2) is 10.6. The molecule has 2 rings (SSSR count). The molecular weight excluding hydrogens is 340 g/mol. The van der Waals surface area contributed by atoms with E-state index >= 15 is 0 Å². The average Bonchev–Trinajstić information content (AvgIpc) is 3.13. The van der Waals surface area contributed by atoms with Gasteiger partial charge in [-0.15, -0.1) is 0 Å². The first-order chi connectivity index (χ1) is 12.6. The third kappa shape index (κ3) is 6.48. The molecule has 0 amide bonds. The number of hydrogen-bond donors (Lipinski definition) is 2. The van der Waals surface area contributed by atoms with E-state index in [1.807, 2.05) is 19.1 Å². The minimum Gasteiger partial charge on any atom is -0.467 e. The van der Waals surface area contributed by atoms with Crippen LogP contribution in [0.4, 0.5) is 8.78 Å². The summed E-state index contributed by atoms with van der Waals surface area (Å²) < 4.78 is 37.5. The highest BCUT2D eigenvalue weighted by Gasteiger charge is 2.12. The lowest BCUT2D eigenvalue weighted by Crippen LogP contribution is -2.39. The lowest BCUT2D eigenvalue weighted by atomic mass is 10.0. The van der Waals surface area contributed by atoms with Crippen LogP contribution >= 0.6 is 0 Å². The van der Waals surface area contributed by atoms with Gasteiger partial charge in [0.2, 0.25) is 0 Å². The molecule has 0 aliphatic carbocycles. The van der Waals surface area contributed by atoms with Gasteiger partial charge in [-0.25, -0.2) is 8.78 Å². The first-order valence-corrected chi connectivity index (χ1v) is 8.59. The Balaban J connectivity index is 1.64. The molecule has 2 aromatic rings. The van der Waals surface area contributed by atoms with E-state index < -0.39 is 11.6 Å². The van der Waals surface area contributed by atoms with E-state index in [0.29, 0.717) is 37.8 Å². The van der Waals surface area contributed by atoms with Gasteiger partial charge in [-0.1, -0.05) is 13.0 Å². The van der Waals surface area contributed by atoms with E-state index in [2.05, 4.69) is 15.6 Å². The van der Waals surface area contributed by atoms with Crippen molar-refractivity contribution in [1.29, 1.82) is 0 Å². The van der Waals surface area contributed by atoms with Crippen LogP contribution in [0, 0.1) is 11.6 Å². The molecule has 0 saturated heterocycles. The number of benzene rings is 1. The van der Waals surface area contributed by atoms with Crippen molar-refractivity contribution in [3.8, 4) is 0 Å². The molecule has 0 saturated carbocycles. The predicted octanol–water partition coefficient (Wildman–Crippen LogP) is 3.43. The van der Waals surface area contributed by atoms with Gasteiger partial charge in [0.05, 0.1) is 6.26 Å². The zero-order valence-electron chi connectivity index (χ0n) is 15.1. The van der Waals surface area contributed by atoms with Crippen molar-refractivity contribution in [3.63, 3.8) is 0 Å². The van der Waals surface area contributed by atoms with Crippen molar-refractivity contribution in [1.82, 2.24) is 10.6 Å². The number of hydrogen-bond acceptors (Lipinski definition) is 3. The van der Waals surface area contributed by atoms with Gasteiger partial charge in [-0.05, 0) is 30.2 Å². The van der Waals surface area contributed by atoms with E-state index in [1.165, 1.54) is 12.1 Å². The lowest BCUT2D eigenvalue weighted by molar-refractivity contribution is 0.105. The van der Waals surface area contributed by atoms with Gasteiger partial charge in [0.25, 0.3) is 0 Å². The van der Waals surface area contributed by atoms with Crippen LogP contribution in [0.2, 0.25) is 0 Å². The number of rotatable bonds is 9. The van der Waals surface area contributed by atoms with Crippen LogP contribution in [0.5, 0.6) is 0 Å². The fraction of sp³-hybridized carbons (Fsp3) is 0.421. The zero-order valence-corrected chi connectivity index (χ0v) is 15.1. The minimum absolute atomic E-state index is 0.120. The Morgan fingerprint density at radius 2 is 2.12 bits per heavy atom. The van der Waals surface area contributed by atoms with E-state index in [0.717, 1.165) is 18.2 Å². The largest absolute Gasteiger partial charge is 0.467 e. The van der Waals surface area contributed by atoms with Crippen molar-refractivity contribution in [2.24, 2.45) is 4.99 Å². The van der Waals surface area contributed by atoms with Crippen LogP contribution in [0.3, 0.4) is 0 Å². The Bertz CT molecular complexity index is 690. The first kappa shape index (κ1) is 19.9. The van der Waals surface area contributed by atoms with Gasteiger partial charge in [-0.3, -0.25) is 4.99 Å². The molecule has 0 aliphatic rings. The molecule has 1 aromatic heterocycles. The summed E-state index contributed by atoms with van der Waals surface area (Å²) >= 11 is 0. The Morgan fingerprint density at radius 1 is 1.27 bits per heavy atom. The number of halogens is 2. The van der Waals surface area contributed by atoms with E-state index in [4.69, 9.17) is 9.15 Å².